The molecule has 2 aromatic heterocycles. The lowest BCUT2D eigenvalue weighted by molar-refractivity contribution is -0.116. The second-order valence-electron chi connectivity index (χ2n) is 7.53. The zero-order valence-corrected chi connectivity index (χ0v) is 18.2. The smallest absolute Gasteiger partial charge is 0.321 e. The van der Waals surface area contributed by atoms with Crippen LogP contribution >= 0.6 is 11.3 Å². The maximum absolute atomic E-state index is 12.9. The van der Waals surface area contributed by atoms with E-state index in [0.29, 0.717) is 16.3 Å². The zero-order chi connectivity index (χ0) is 22.4. The highest BCUT2D eigenvalue weighted by Crippen LogP contribution is 2.31. The molecule has 4 aromatic rings. The van der Waals surface area contributed by atoms with Crippen molar-refractivity contribution >= 4 is 50.8 Å². The number of likely N-dealkylation sites (N-methyl/N-ethyl adjacent to an activating group) is 1. The summed E-state index contributed by atoms with van der Waals surface area (Å²) in [6, 6.07) is 17.9. The Kier molecular flexibility index (Phi) is 4.75. The van der Waals surface area contributed by atoms with Crippen LogP contribution in [-0.2, 0) is 4.79 Å². The number of urea groups is 1. The van der Waals surface area contributed by atoms with Crippen molar-refractivity contribution in [1.82, 2.24) is 14.7 Å². The number of nitrogens with zero attached hydrogens (tertiary/aromatic N) is 4. The summed E-state index contributed by atoms with van der Waals surface area (Å²) in [6.07, 6.45) is 0. The highest BCUT2D eigenvalue weighted by molar-refractivity contribution is 7.20. The number of hydrogen-bond acceptors (Lipinski definition) is 5. The molecule has 1 fully saturated rings. The number of hydrogen-bond donors (Lipinski definition) is 1. The van der Waals surface area contributed by atoms with Crippen molar-refractivity contribution in [2.45, 2.75) is 6.92 Å². The van der Waals surface area contributed by atoms with Gasteiger partial charge in [-0.1, -0.05) is 18.2 Å². The number of carbonyl (C=O) groups excluding carboxylic acids is 3. The molecule has 0 radical (unpaired) electrons. The number of carbonyl (C=O) groups is 3. The second-order valence-corrected chi connectivity index (χ2v) is 8.56. The molecule has 0 unspecified atom stereocenters. The van der Waals surface area contributed by atoms with Crippen molar-refractivity contribution in [3.05, 3.63) is 71.2 Å². The predicted molar refractivity (Wildman–Crippen MR) is 124 cm³/mol. The Hall–Kier alpha value is -3.98. The molecular formula is C23H19N5O3S. The molecule has 2 aromatic carbocycles. The standard InChI is InChI=1S/C23H19N5O3S/c1-14-18-12-19(32-22(18)28(25-14)17-6-4-3-5-7-17)21(30)24-15-8-10-16(11-9-15)27-20(29)13-26(2)23(27)31/h3-12H,13H2,1-2H3,(H,24,30). The normalized spacial score (nSPS) is 13.9. The van der Waals surface area contributed by atoms with Gasteiger partial charge >= 0.3 is 6.03 Å². The van der Waals surface area contributed by atoms with E-state index in [2.05, 4.69) is 10.4 Å². The van der Waals surface area contributed by atoms with Crippen molar-refractivity contribution in [2.75, 3.05) is 23.8 Å². The third kappa shape index (κ3) is 3.32. The third-order valence-electron chi connectivity index (χ3n) is 5.29. The van der Waals surface area contributed by atoms with Crippen LogP contribution in [0.5, 0.6) is 0 Å². The first-order valence-electron chi connectivity index (χ1n) is 9.96. The first-order chi connectivity index (χ1) is 15.4. The number of fused-ring (bicyclic) bond motifs is 1. The van der Waals surface area contributed by atoms with Crippen molar-refractivity contribution in [2.24, 2.45) is 0 Å². The van der Waals surface area contributed by atoms with Crippen LogP contribution in [0.15, 0.2) is 60.7 Å². The highest BCUT2D eigenvalue weighted by Gasteiger charge is 2.34. The molecule has 0 aliphatic carbocycles. The van der Waals surface area contributed by atoms with Gasteiger partial charge in [0.15, 0.2) is 0 Å². The van der Waals surface area contributed by atoms with E-state index in [1.54, 1.807) is 31.3 Å². The van der Waals surface area contributed by atoms with Crippen LogP contribution in [-0.4, -0.2) is 46.1 Å². The molecule has 5 rings (SSSR count). The fourth-order valence-corrected chi connectivity index (χ4v) is 4.74. The summed E-state index contributed by atoms with van der Waals surface area (Å²) < 4.78 is 1.85. The zero-order valence-electron chi connectivity index (χ0n) is 17.4. The van der Waals surface area contributed by atoms with Crippen LogP contribution in [0.4, 0.5) is 16.2 Å². The Morgan fingerprint density at radius 2 is 1.75 bits per heavy atom. The average Bonchev–Trinajstić information content (AvgIpc) is 3.43. The number of aromatic nitrogens is 2. The minimum Gasteiger partial charge on any atom is -0.321 e. The van der Waals surface area contributed by atoms with Gasteiger partial charge in [0, 0.05) is 18.1 Å². The Morgan fingerprint density at radius 1 is 1.03 bits per heavy atom. The molecule has 0 saturated carbocycles. The van der Waals surface area contributed by atoms with Crippen LogP contribution in [0.25, 0.3) is 15.9 Å². The number of aryl methyl sites for hydroxylation is 1. The van der Waals surface area contributed by atoms with Gasteiger partial charge in [0.2, 0.25) is 0 Å². The van der Waals surface area contributed by atoms with Crippen molar-refractivity contribution in [3.8, 4) is 5.69 Å². The molecule has 32 heavy (non-hydrogen) atoms. The van der Waals surface area contributed by atoms with E-state index in [1.165, 1.54) is 16.2 Å². The monoisotopic (exact) mass is 445 g/mol. The van der Waals surface area contributed by atoms with Crippen LogP contribution in [0, 0.1) is 6.92 Å². The summed E-state index contributed by atoms with van der Waals surface area (Å²) in [6.45, 7) is 1.98. The Labute approximate surface area is 187 Å². The first kappa shape index (κ1) is 20.0. The largest absolute Gasteiger partial charge is 0.331 e. The summed E-state index contributed by atoms with van der Waals surface area (Å²) in [4.78, 5) is 41.0. The van der Waals surface area contributed by atoms with E-state index in [1.807, 2.05) is 48.0 Å². The molecule has 0 spiro atoms. The van der Waals surface area contributed by atoms with Crippen LogP contribution in [0.3, 0.4) is 0 Å². The summed E-state index contributed by atoms with van der Waals surface area (Å²) in [7, 11) is 1.58. The summed E-state index contributed by atoms with van der Waals surface area (Å²) in [5.41, 5.74) is 2.84. The molecule has 1 saturated heterocycles. The lowest BCUT2D eigenvalue weighted by atomic mass is 10.2. The summed E-state index contributed by atoms with van der Waals surface area (Å²) in [5, 5.41) is 8.42. The second kappa shape index (κ2) is 7.61. The lowest BCUT2D eigenvalue weighted by Crippen LogP contribution is -2.31. The van der Waals surface area contributed by atoms with Gasteiger partial charge in [-0.3, -0.25) is 9.59 Å². The van der Waals surface area contributed by atoms with Gasteiger partial charge in [0.05, 0.1) is 21.9 Å². The Morgan fingerprint density at radius 3 is 2.41 bits per heavy atom. The van der Waals surface area contributed by atoms with Gasteiger partial charge in [-0.15, -0.1) is 11.3 Å². The molecule has 3 heterocycles. The quantitative estimate of drug-likeness (QED) is 0.480. The van der Waals surface area contributed by atoms with E-state index in [0.717, 1.165) is 26.5 Å². The number of nitrogens with one attached hydrogen (secondary N) is 1. The highest BCUT2D eigenvalue weighted by atomic mass is 32.1. The molecule has 1 N–H and O–H groups in total. The number of para-hydroxylation sites is 1. The number of thiophene rings is 1. The molecule has 0 atom stereocenters. The maximum Gasteiger partial charge on any atom is 0.331 e. The molecule has 0 bridgehead atoms. The van der Waals surface area contributed by atoms with Gasteiger partial charge in [-0.2, -0.15) is 5.10 Å². The van der Waals surface area contributed by atoms with E-state index in [4.69, 9.17) is 0 Å². The van der Waals surface area contributed by atoms with E-state index < -0.39 is 0 Å². The van der Waals surface area contributed by atoms with Crippen LogP contribution in [0.1, 0.15) is 15.4 Å². The number of anilines is 2. The number of rotatable bonds is 4. The Bertz CT molecular complexity index is 1360. The molecule has 1 aliphatic rings. The van der Waals surface area contributed by atoms with Gasteiger partial charge in [0.1, 0.15) is 11.4 Å². The van der Waals surface area contributed by atoms with Gasteiger partial charge in [-0.25, -0.2) is 14.4 Å². The van der Waals surface area contributed by atoms with Crippen LogP contribution in [0.2, 0.25) is 0 Å². The van der Waals surface area contributed by atoms with Gasteiger partial charge < -0.3 is 10.2 Å². The summed E-state index contributed by atoms with van der Waals surface area (Å²) in [5.74, 6) is -0.506. The topological polar surface area (TPSA) is 87.5 Å². The van der Waals surface area contributed by atoms with E-state index in [-0.39, 0.29) is 24.4 Å². The van der Waals surface area contributed by atoms with E-state index in [9.17, 15) is 14.4 Å². The minimum absolute atomic E-state index is 0.0586. The average molecular weight is 446 g/mol. The van der Waals surface area contributed by atoms with Crippen molar-refractivity contribution in [3.63, 3.8) is 0 Å². The Balaban J connectivity index is 1.37. The SMILES string of the molecule is Cc1nn(-c2ccccc2)c2sc(C(=O)Nc3ccc(N4C(=O)CN(C)C4=O)cc3)cc12. The molecule has 8 nitrogen and oxygen atoms in total. The summed E-state index contributed by atoms with van der Waals surface area (Å²) >= 11 is 1.38. The first-order valence-corrected chi connectivity index (χ1v) is 10.8. The number of amides is 4. The predicted octanol–water partition coefficient (Wildman–Crippen LogP) is 4.05. The van der Waals surface area contributed by atoms with Crippen LogP contribution < -0.4 is 10.2 Å². The fourth-order valence-electron chi connectivity index (χ4n) is 3.66. The number of benzene rings is 2. The maximum atomic E-state index is 12.9. The van der Waals surface area contributed by atoms with Gasteiger partial charge in [-0.05, 0) is 49.4 Å². The molecule has 9 heteroatoms. The third-order valence-corrected chi connectivity index (χ3v) is 6.40. The molecule has 1 aliphatic heterocycles. The van der Waals surface area contributed by atoms with E-state index >= 15 is 0 Å². The number of imide groups is 1. The van der Waals surface area contributed by atoms with Crippen molar-refractivity contribution in [1.29, 1.82) is 0 Å². The molecule has 160 valence electrons. The minimum atomic E-state index is -0.361. The van der Waals surface area contributed by atoms with Crippen molar-refractivity contribution < 1.29 is 14.4 Å². The lowest BCUT2D eigenvalue weighted by Gasteiger charge is -2.14. The fraction of sp³-hybridized carbons (Fsp3) is 0.130. The molecular weight excluding hydrogens is 426 g/mol. The van der Waals surface area contributed by atoms with Gasteiger partial charge in [0.25, 0.3) is 11.8 Å². The molecule has 4 amide bonds.